The zero-order valence-corrected chi connectivity index (χ0v) is 14.1. The summed E-state index contributed by atoms with van der Waals surface area (Å²) in [7, 11) is 0. The molecule has 1 fully saturated rings. The second kappa shape index (κ2) is 7.03. The number of aromatic nitrogens is 1. The van der Waals surface area contributed by atoms with Crippen molar-refractivity contribution in [1.82, 2.24) is 9.88 Å². The average Bonchev–Trinajstić information content (AvgIpc) is 3.14. The first kappa shape index (κ1) is 15.8. The molecule has 2 aromatic carbocycles. The van der Waals surface area contributed by atoms with E-state index in [0.29, 0.717) is 5.56 Å². The van der Waals surface area contributed by atoms with E-state index < -0.39 is 0 Å². The fraction of sp³-hybridized carbons (Fsp3) is 0.238. The van der Waals surface area contributed by atoms with Crippen molar-refractivity contribution in [3.8, 4) is 0 Å². The summed E-state index contributed by atoms with van der Waals surface area (Å²) in [5.74, 6) is -0.123. The Labute approximate surface area is 147 Å². The van der Waals surface area contributed by atoms with Crippen LogP contribution in [0.25, 0.3) is 10.9 Å². The predicted octanol–water partition coefficient (Wildman–Crippen LogP) is 4.08. The Morgan fingerprint density at radius 1 is 1.04 bits per heavy atom. The molecule has 126 valence electrons. The minimum Gasteiger partial charge on any atom is -0.322 e. The van der Waals surface area contributed by atoms with Crippen LogP contribution in [0.15, 0.2) is 60.8 Å². The SMILES string of the molecule is O=C(Nc1cccc(CN2CCCC2)c1)c1cccc2cccnc12. The Kier molecular flexibility index (Phi) is 4.44. The van der Waals surface area contributed by atoms with E-state index in [0.717, 1.165) is 36.2 Å². The van der Waals surface area contributed by atoms with Gasteiger partial charge in [0.15, 0.2) is 0 Å². The molecular formula is C21H21N3O. The number of carbonyl (C=O) groups is 1. The van der Waals surface area contributed by atoms with Crippen LogP contribution in [0.1, 0.15) is 28.8 Å². The van der Waals surface area contributed by atoms with Crippen molar-refractivity contribution in [2.75, 3.05) is 18.4 Å². The van der Waals surface area contributed by atoms with Gasteiger partial charge in [0.25, 0.3) is 5.91 Å². The van der Waals surface area contributed by atoms with Crippen LogP contribution in [-0.2, 0) is 6.54 Å². The molecule has 4 rings (SSSR count). The lowest BCUT2D eigenvalue weighted by atomic mass is 10.1. The molecular weight excluding hydrogens is 310 g/mol. The second-order valence-corrected chi connectivity index (χ2v) is 6.52. The molecule has 4 nitrogen and oxygen atoms in total. The molecule has 1 saturated heterocycles. The van der Waals surface area contributed by atoms with E-state index in [1.165, 1.54) is 18.4 Å². The molecule has 1 aliphatic rings. The number of hydrogen-bond donors (Lipinski definition) is 1. The van der Waals surface area contributed by atoms with E-state index in [-0.39, 0.29) is 5.91 Å². The van der Waals surface area contributed by atoms with Crippen LogP contribution in [-0.4, -0.2) is 28.9 Å². The smallest absolute Gasteiger partial charge is 0.257 e. The quantitative estimate of drug-likeness (QED) is 0.783. The summed E-state index contributed by atoms with van der Waals surface area (Å²) < 4.78 is 0. The Morgan fingerprint density at radius 2 is 1.84 bits per heavy atom. The molecule has 4 heteroatoms. The molecule has 0 atom stereocenters. The summed E-state index contributed by atoms with van der Waals surface area (Å²) >= 11 is 0. The summed E-state index contributed by atoms with van der Waals surface area (Å²) in [5.41, 5.74) is 3.39. The minimum atomic E-state index is -0.123. The van der Waals surface area contributed by atoms with Gasteiger partial charge < -0.3 is 5.32 Å². The van der Waals surface area contributed by atoms with E-state index in [1.807, 2.05) is 42.5 Å². The number of nitrogens with zero attached hydrogens (tertiary/aromatic N) is 2. The highest BCUT2D eigenvalue weighted by molar-refractivity contribution is 6.11. The van der Waals surface area contributed by atoms with Gasteiger partial charge in [0.1, 0.15) is 0 Å². The number of rotatable bonds is 4. The highest BCUT2D eigenvalue weighted by atomic mass is 16.1. The van der Waals surface area contributed by atoms with E-state index >= 15 is 0 Å². The van der Waals surface area contributed by atoms with Gasteiger partial charge in [0, 0.05) is 23.8 Å². The van der Waals surface area contributed by atoms with Gasteiger partial charge in [-0.05, 0) is 55.8 Å². The van der Waals surface area contributed by atoms with Crippen molar-refractivity contribution in [2.24, 2.45) is 0 Å². The van der Waals surface area contributed by atoms with Crippen molar-refractivity contribution in [2.45, 2.75) is 19.4 Å². The van der Waals surface area contributed by atoms with Crippen molar-refractivity contribution in [3.63, 3.8) is 0 Å². The molecule has 1 N–H and O–H groups in total. The van der Waals surface area contributed by atoms with Gasteiger partial charge in [0.05, 0.1) is 11.1 Å². The first-order valence-electron chi connectivity index (χ1n) is 8.76. The number of nitrogens with one attached hydrogen (secondary N) is 1. The van der Waals surface area contributed by atoms with Gasteiger partial charge in [-0.25, -0.2) is 0 Å². The number of pyridine rings is 1. The number of hydrogen-bond acceptors (Lipinski definition) is 3. The van der Waals surface area contributed by atoms with Crippen LogP contribution in [0.5, 0.6) is 0 Å². The molecule has 0 spiro atoms. The van der Waals surface area contributed by atoms with Gasteiger partial charge >= 0.3 is 0 Å². The molecule has 1 aromatic heterocycles. The van der Waals surface area contributed by atoms with E-state index in [9.17, 15) is 4.79 Å². The van der Waals surface area contributed by atoms with E-state index in [4.69, 9.17) is 0 Å². The molecule has 2 heterocycles. The number of likely N-dealkylation sites (tertiary alicyclic amines) is 1. The Morgan fingerprint density at radius 3 is 2.72 bits per heavy atom. The largest absolute Gasteiger partial charge is 0.322 e. The van der Waals surface area contributed by atoms with Crippen molar-refractivity contribution in [1.29, 1.82) is 0 Å². The average molecular weight is 331 g/mol. The topological polar surface area (TPSA) is 45.2 Å². The number of amides is 1. The maximum atomic E-state index is 12.7. The van der Waals surface area contributed by atoms with Crippen LogP contribution in [0, 0.1) is 0 Å². The fourth-order valence-electron chi connectivity index (χ4n) is 3.43. The Bertz CT molecular complexity index is 895. The first-order chi connectivity index (χ1) is 12.3. The maximum absolute atomic E-state index is 12.7. The van der Waals surface area contributed by atoms with Crippen LogP contribution < -0.4 is 5.32 Å². The van der Waals surface area contributed by atoms with Gasteiger partial charge in [-0.1, -0.05) is 30.3 Å². The summed E-state index contributed by atoms with van der Waals surface area (Å²) in [6.45, 7) is 3.27. The molecule has 3 aromatic rings. The minimum absolute atomic E-state index is 0.123. The molecule has 0 bridgehead atoms. The lowest BCUT2D eigenvalue weighted by Gasteiger charge is -2.15. The van der Waals surface area contributed by atoms with Crippen LogP contribution in [0.2, 0.25) is 0 Å². The number of para-hydroxylation sites is 1. The van der Waals surface area contributed by atoms with Crippen molar-refractivity contribution in [3.05, 3.63) is 71.9 Å². The monoisotopic (exact) mass is 331 g/mol. The van der Waals surface area contributed by atoms with E-state index in [2.05, 4.69) is 27.3 Å². The standard InChI is InChI=1S/C21H21N3O/c25-21(19-10-4-7-17-8-5-11-22-20(17)19)23-18-9-3-6-16(14-18)15-24-12-1-2-13-24/h3-11,14H,1-2,12-13,15H2,(H,23,25). The zero-order chi connectivity index (χ0) is 17.1. The van der Waals surface area contributed by atoms with Crippen LogP contribution in [0.4, 0.5) is 5.69 Å². The normalized spacial score (nSPS) is 14.7. The summed E-state index contributed by atoms with van der Waals surface area (Å²) in [5, 5.41) is 3.99. The third kappa shape index (κ3) is 3.54. The van der Waals surface area contributed by atoms with Crippen molar-refractivity contribution >= 4 is 22.5 Å². The van der Waals surface area contributed by atoms with Gasteiger partial charge in [-0.3, -0.25) is 14.7 Å². The highest BCUT2D eigenvalue weighted by Gasteiger charge is 2.13. The van der Waals surface area contributed by atoms with Crippen molar-refractivity contribution < 1.29 is 4.79 Å². The number of fused-ring (bicyclic) bond motifs is 1. The molecule has 25 heavy (non-hydrogen) atoms. The number of anilines is 1. The summed E-state index contributed by atoms with van der Waals surface area (Å²) in [4.78, 5) is 19.5. The predicted molar refractivity (Wildman–Crippen MR) is 101 cm³/mol. The Balaban J connectivity index is 1.54. The molecule has 0 unspecified atom stereocenters. The van der Waals surface area contributed by atoms with Gasteiger partial charge in [-0.15, -0.1) is 0 Å². The third-order valence-electron chi connectivity index (χ3n) is 4.67. The number of benzene rings is 2. The Hall–Kier alpha value is -2.72. The molecule has 1 amide bonds. The maximum Gasteiger partial charge on any atom is 0.257 e. The lowest BCUT2D eigenvalue weighted by molar-refractivity contribution is 0.102. The lowest BCUT2D eigenvalue weighted by Crippen LogP contribution is -2.18. The molecule has 1 aliphatic heterocycles. The molecule has 0 aliphatic carbocycles. The summed E-state index contributed by atoms with van der Waals surface area (Å²) in [6.07, 6.45) is 4.28. The molecule has 0 saturated carbocycles. The third-order valence-corrected chi connectivity index (χ3v) is 4.67. The van der Waals surface area contributed by atoms with Crippen LogP contribution >= 0.6 is 0 Å². The first-order valence-corrected chi connectivity index (χ1v) is 8.76. The zero-order valence-electron chi connectivity index (χ0n) is 14.1. The van der Waals surface area contributed by atoms with Gasteiger partial charge in [0.2, 0.25) is 0 Å². The second-order valence-electron chi connectivity index (χ2n) is 6.52. The molecule has 0 radical (unpaired) electrons. The number of carbonyl (C=O) groups excluding carboxylic acids is 1. The highest BCUT2D eigenvalue weighted by Crippen LogP contribution is 2.19. The van der Waals surface area contributed by atoms with Gasteiger partial charge in [-0.2, -0.15) is 0 Å². The van der Waals surface area contributed by atoms with Crippen LogP contribution in [0.3, 0.4) is 0 Å². The summed E-state index contributed by atoms with van der Waals surface area (Å²) in [6, 6.07) is 17.6. The fourth-order valence-corrected chi connectivity index (χ4v) is 3.43. The van der Waals surface area contributed by atoms with E-state index in [1.54, 1.807) is 6.20 Å².